The Morgan fingerprint density at radius 1 is 1.12 bits per heavy atom. The van der Waals surface area contributed by atoms with E-state index in [2.05, 4.69) is 15.0 Å². The Balaban J connectivity index is 1.85. The Labute approximate surface area is 139 Å². The number of nitrogens with one attached hydrogen (secondary N) is 1. The van der Waals surface area contributed by atoms with E-state index < -0.39 is 17.9 Å². The number of hydrogen-bond donors (Lipinski definition) is 1. The van der Waals surface area contributed by atoms with E-state index in [1.807, 2.05) is 0 Å². The highest BCUT2D eigenvalue weighted by atomic mass is 19.4. The van der Waals surface area contributed by atoms with E-state index in [0.29, 0.717) is 5.92 Å². The molecule has 0 unspecified atom stereocenters. The monoisotopic (exact) mass is 346 g/mol. The van der Waals surface area contributed by atoms with Gasteiger partial charge < -0.3 is 10.1 Å². The number of ether oxygens (including phenoxy) is 1. The van der Waals surface area contributed by atoms with E-state index in [1.54, 1.807) is 6.07 Å². The van der Waals surface area contributed by atoms with Crippen LogP contribution >= 0.6 is 0 Å². The highest BCUT2D eigenvalue weighted by Crippen LogP contribution is 2.40. The van der Waals surface area contributed by atoms with Crippen LogP contribution in [0.15, 0.2) is 18.2 Å². The topological polar surface area (TPSA) is 24.5 Å². The fourth-order valence-electron chi connectivity index (χ4n) is 3.92. The van der Waals surface area contributed by atoms with Gasteiger partial charge >= 0.3 is 6.36 Å². The average Bonchev–Trinajstić information content (AvgIpc) is 3.04. The van der Waals surface area contributed by atoms with Crippen molar-refractivity contribution in [3.63, 3.8) is 0 Å². The molecule has 1 N–H and O–H groups in total. The zero-order valence-electron chi connectivity index (χ0n) is 13.4. The molecule has 1 aromatic rings. The van der Waals surface area contributed by atoms with E-state index >= 15 is 0 Å². The van der Waals surface area contributed by atoms with Crippen LogP contribution in [-0.2, 0) is 0 Å². The van der Waals surface area contributed by atoms with Gasteiger partial charge in [0.25, 0.3) is 0 Å². The van der Waals surface area contributed by atoms with Crippen molar-refractivity contribution in [2.24, 2.45) is 5.92 Å². The van der Waals surface area contributed by atoms with Gasteiger partial charge in [0.2, 0.25) is 0 Å². The van der Waals surface area contributed by atoms with Crippen molar-refractivity contribution in [3.8, 4) is 5.75 Å². The molecule has 7 heteroatoms. The van der Waals surface area contributed by atoms with Crippen LogP contribution in [0.25, 0.3) is 0 Å². The fraction of sp³-hybridized carbons (Fsp3) is 0.647. The molecular weight excluding hydrogens is 324 g/mol. The van der Waals surface area contributed by atoms with Crippen molar-refractivity contribution in [2.75, 3.05) is 26.2 Å². The van der Waals surface area contributed by atoms with Crippen LogP contribution in [0, 0.1) is 11.7 Å². The van der Waals surface area contributed by atoms with Crippen LogP contribution in [0.3, 0.4) is 0 Å². The summed E-state index contributed by atoms with van der Waals surface area (Å²) in [7, 11) is 0. The molecule has 1 aromatic carbocycles. The molecule has 0 radical (unpaired) electrons. The molecule has 1 saturated heterocycles. The molecule has 1 aliphatic carbocycles. The maximum absolute atomic E-state index is 14.1. The van der Waals surface area contributed by atoms with Gasteiger partial charge in [-0.15, -0.1) is 13.2 Å². The summed E-state index contributed by atoms with van der Waals surface area (Å²) in [6, 6.07) is 3.95. The lowest BCUT2D eigenvalue weighted by Gasteiger charge is -2.38. The molecule has 3 rings (SSSR count). The first-order valence-electron chi connectivity index (χ1n) is 8.44. The van der Waals surface area contributed by atoms with Crippen LogP contribution in [0.5, 0.6) is 5.75 Å². The highest BCUT2D eigenvalue weighted by molar-refractivity contribution is 5.32. The molecule has 0 spiro atoms. The van der Waals surface area contributed by atoms with Crippen molar-refractivity contribution < 1.29 is 22.3 Å². The second-order valence-electron chi connectivity index (χ2n) is 6.51. The minimum Gasteiger partial charge on any atom is -0.403 e. The van der Waals surface area contributed by atoms with Crippen LogP contribution in [0.4, 0.5) is 17.6 Å². The van der Waals surface area contributed by atoms with Crippen LogP contribution in [0.1, 0.15) is 37.3 Å². The SMILES string of the molecule is Fc1cc([C@H](C2CCCC2)N2CCNCC2)ccc1OC(F)(F)F. The molecular formula is C17H22F4N2O. The standard InChI is InChI=1S/C17H22F4N2O/c18-14-11-13(5-6-15(14)24-17(19,20)21)16(12-3-1-2-4-12)23-9-7-22-8-10-23/h5-6,11-12,16,22H,1-4,7-10H2/t16-/m0/s1. The van der Waals surface area contributed by atoms with Crippen molar-refractivity contribution >= 4 is 0 Å². The normalized spacial score (nSPS) is 21.8. The Bertz CT molecular complexity index is 552. The van der Waals surface area contributed by atoms with Gasteiger partial charge in [-0.2, -0.15) is 0 Å². The predicted octanol–water partition coefficient (Wildman–Crippen LogP) is 3.86. The van der Waals surface area contributed by atoms with Gasteiger partial charge in [0.1, 0.15) is 0 Å². The second-order valence-corrected chi connectivity index (χ2v) is 6.51. The molecule has 1 saturated carbocycles. The van der Waals surface area contributed by atoms with Crippen LogP contribution < -0.4 is 10.1 Å². The van der Waals surface area contributed by atoms with Crippen LogP contribution in [0.2, 0.25) is 0 Å². The van der Waals surface area contributed by atoms with Gasteiger partial charge in [-0.1, -0.05) is 18.9 Å². The molecule has 2 aliphatic rings. The van der Waals surface area contributed by atoms with Gasteiger partial charge in [0.15, 0.2) is 11.6 Å². The molecule has 0 amide bonds. The van der Waals surface area contributed by atoms with Gasteiger partial charge in [0, 0.05) is 32.2 Å². The summed E-state index contributed by atoms with van der Waals surface area (Å²) in [5.74, 6) is -1.29. The van der Waals surface area contributed by atoms with Gasteiger partial charge in [-0.3, -0.25) is 4.90 Å². The molecule has 134 valence electrons. The smallest absolute Gasteiger partial charge is 0.403 e. The number of alkyl halides is 3. The number of piperazine rings is 1. The number of benzene rings is 1. The van der Waals surface area contributed by atoms with E-state index in [9.17, 15) is 17.6 Å². The third kappa shape index (κ3) is 4.19. The molecule has 24 heavy (non-hydrogen) atoms. The van der Waals surface area contributed by atoms with E-state index in [-0.39, 0.29) is 6.04 Å². The largest absolute Gasteiger partial charge is 0.573 e. The van der Waals surface area contributed by atoms with Crippen molar-refractivity contribution in [1.29, 1.82) is 0 Å². The lowest BCUT2D eigenvalue weighted by atomic mass is 9.89. The summed E-state index contributed by atoms with van der Waals surface area (Å²) >= 11 is 0. The number of nitrogens with zero attached hydrogens (tertiary/aromatic N) is 1. The first kappa shape index (κ1) is 17.5. The maximum Gasteiger partial charge on any atom is 0.573 e. The Morgan fingerprint density at radius 2 is 1.79 bits per heavy atom. The summed E-state index contributed by atoms with van der Waals surface area (Å²) in [6.45, 7) is 3.48. The van der Waals surface area contributed by atoms with Crippen molar-refractivity contribution in [2.45, 2.75) is 38.1 Å². The van der Waals surface area contributed by atoms with E-state index in [4.69, 9.17) is 0 Å². The number of halogens is 4. The quantitative estimate of drug-likeness (QED) is 0.838. The lowest BCUT2D eigenvalue weighted by Crippen LogP contribution is -2.46. The minimum absolute atomic E-state index is 0.0593. The lowest BCUT2D eigenvalue weighted by molar-refractivity contribution is -0.275. The maximum atomic E-state index is 14.1. The zero-order chi connectivity index (χ0) is 17.2. The van der Waals surface area contributed by atoms with Gasteiger partial charge in [-0.25, -0.2) is 4.39 Å². The second kappa shape index (κ2) is 7.27. The third-order valence-corrected chi connectivity index (χ3v) is 4.91. The third-order valence-electron chi connectivity index (χ3n) is 4.91. The molecule has 1 atom stereocenters. The first-order valence-corrected chi connectivity index (χ1v) is 8.44. The van der Waals surface area contributed by atoms with Crippen LogP contribution in [-0.4, -0.2) is 37.4 Å². The van der Waals surface area contributed by atoms with E-state index in [0.717, 1.165) is 63.5 Å². The average molecular weight is 346 g/mol. The fourth-order valence-corrected chi connectivity index (χ4v) is 3.92. The summed E-state index contributed by atoms with van der Waals surface area (Å²) in [4.78, 5) is 2.32. The molecule has 0 aromatic heterocycles. The molecule has 3 nitrogen and oxygen atoms in total. The van der Waals surface area contributed by atoms with Crippen molar-refractivity contribution in [3.05, 3.63) is 29.6 Å². The van der Waals surface area contributed by atoms with Crippen molar-refractivity contribution in [1.82, 2.24) is 10.2 Å². The number of rotatable bonds is 4. The summed E-state index contributed by atoms with van der Waals surface area (Å²) in [5.41, 5.74) is 0.746. The summed E-state index contributed by atoms with van der Waals surface area (Å²) in [6.07, 6.45) is -0.407. The molecule has 2 fully saturated rings. The summed E-state index contributed by atoms with van der Waals surface area (Å²) in [5, 5.41) is 3.30. The van der Waals surface area contributed by atoms with Gasteiger partial charge in [0.05, 0.1) is 0 Å². The number of hydrogen-bond acceptors (Lipinski definition) is 3. The minimum atomic E-state index is -4.88. The molecule has 1 aliphatic heterocycles. The van der Waals surface area contributed by atoms with E-state index in [1.165, 1.54) is 6.07 Å². The molecule has 1 heterocycles. The highest BCUT2D eigenvalue weighted by Gasteiger charge is 2.34. The zero-order valence-corrected chi connectivity index (χ0v) is 13.4. The Kier molecular flexibility index (Phi) is 5.30. The Morgan fingerprint density at radius 3 is 2.38 bits per heavy atom. The summed E-state index contributed by atoms with van der Waals surface area (Å²) < 4.78 is 54.8. The predicted molar refractivity (Wildman–Crippen MR) is 82.2 cm³/mol. The van der Waals surface area contributed by atoms with Gasteiger partial charge in [-0.05, 0) is 36.5 Å². The Hall–Kier alpha value is -1.34. The molecule has 0 bridgehead atoms. The first-order chi connectivity index (χ1) is 11.4.